The van der Waals surface area contributed by atoms with Gasteiger partial charge < -0.3 is 15.0 Å². The number of rotatable bonds is 5. The second-order valence-electron chi connectivity index (χ2n) is 4.80. The van der Waals surface area contributed by atoms with Crippen LogP contribution in [0.5, 0.6) is 5.75 Å². The number of benzene rings is 1. The first kappa shape index (κ1) is 18.0. The molecule has 2 rings (SSSR count). The van der Waals surface area contributed by atoms with Gasteiger partial charge >= 0.3 is 0 Å². The summed E-state index contributed by atoms with van der Waals surface area (Å²) < 4.78 is 18.3. The van der Waals surface area contributed by atoms with E-state index in [1.807, 2.05) is 11.9 Å². The molecule has 1 aliphatic heterocycles. The van der Waals surface area contributed by atoms with E-state index in [2.05, 4.69) is 5.32 Å². The number of carbonyl (C=O) groups excluding carboxylic acids is 1. The monoisotopic (exact) mass is 336 g/mol. The molecule has 1 N–H and O–H groups in total. The average molecular weight is 337 g/mol. The van der Waals surface area contributed by atoms with Crippen molar-refractivity contribution < 1.29 is 13.9 Å². The lowest BCUT2D eigenvalue weighted by molar-refractivity contribution is -0.134. The van der Waals surface area contributed by atoms with E-state index in [0.29, 0.717) is 5.75 Å². The van der Waals surface area contributed by atoms with Crippen LogP contribution in [-0.4, -0.2) is 43.6 Å². The van der Waals surface area contributed by atoms with Crippen LogP contribution in [-0.2, 0) is 4.79 Å². The minimum absolute atomic E-state index is 0. The van der Waals surface area contributed by atoms with E-state index in [0.717, 1.165) is 25.9 Å². The van der Waals surface area contributed by atoms with Crippen molar-refractivity contribution >= 4 is 29.9 Å². The molecule has 21 heavy (non-hydrogen) atoms. The highest BCUT2D eigenvalue weighted by molar-refractivity contribution is 6.32. The molecule has 1 aromatic carbocycles. The van der Waals surface area contributed by atoms with Gasteiger partial charge in [-0.25, -0.2) is 4.39 Å². The van der Waals surface area contributed by atoms with Gasteiger partial charge in [-0.3, -0.25) is 4.79 Å². The molecule has 1 heterocycles. The third-order valence-corrected chi connectivity index (χ3v) is 3.68. The minimum atomic E-state index is -0.428. The van der Waals surface area contributed by atoms with Crippen LogP contribution in [0.25, 0.3) is 0 Å². The first-order valence-electron chi connectivity index (χ1n) is 6.63. The van der Waals surface area contributed by atoms with Crippen molar-refractivity contribution in [3.63, 3.8) is 0 Å². The summed E-state index contributed by atoms with van der Waals surface area (Å²) in [6, 6.07) is 4.08. The van der Waals surface area contributed by atoms with Crippen LogP contribution in [0.15, 0.2) is 18.2 Å². The lowest BCUT2D eigenvalue weighted by atomic mass is 10.2. The van der Waals surface area contributed by atoms with Crippen LogP contribution in [0, 0.1) is 5.82 Å². The zero-order valence-corrected chi connectivity index (χ0v) is 13.3. The third kappa shape index (κ3) is 4.73. The molecular formula is C14H19Cl2FN2O2. The van der Waals surface area contributed by atoms with Gasteiger partial charge in [0.05, 0.1) is 5.02 Å². The van der Waals surface area contributed by atoms with E-state index in [4.69, 9.17) is 16.3 Å². The Morgan fingerprint density at radius 2 is 2.33 bits per heavy atom. The Balaban J connectivity index is 0.00000220. The maximum atomic E-state index is 12.9. The summed E-state index contributed by atoms with van der Waals surface area (Å²) in [6.45, 7) is 1.46. The van der Waals surface area contributed by atoms with Crippen LogP contribution in [0.1, 0.15) is 12.8 Å². The summed E-state index contributed by atoms with van der Waals surface area (Å²) in [6.07, 6.45) is 2.01. The fourth-order valence-electron chi connectivity index (χ4n) is 2.43. The highest BCUT2D eigenvalue weighted by Crippen LogP contribution is 2.25. The predicted molar refractivity (Wildman–Crippen MR) is 82.8 cm³/mol. The highest BCUT2D eigenvalue weighted by atomic mass is 35.5. The quantitative estimate of drug-likeness (QED) is 0.898. The van der Waals surface area contributed by atoms with Crippen molar-refractivity contribution in [1.82, 2.24) is 10.2 Å². The highest BCUT2D eigenvalue weighted by Gasteiger charge is 2.28. The molecule has 4 nitrogen and oxygen atoms in total. The standard InChI is InChI=1S/C14H18ClFN2O2.ClH/c1-17-8-11-3-2-6-18(11)14(19)9-20-13-5-4-10(16)7-12(13)15;/h4-5,7,11,17H,2-3,6,8-9H2,1H3;1H. The van der Waals surface area contributed by atoms with E-state index in [9.17, 15) is 9.18 Å². The number of hydrogen-bond acceptors (Lipinski definition) is 3. The molecule has 0 saturated carbocycles. The normalized spacial score (nSPS) is 17.5. The fourth-order valence-corrected chi connectivity index (χ4v) is 2.65. The van der Waals surface area contributed by atoms with Gasteiger partial charge in [-0.05, 0) is 38.1 Å². The number of likely N-dealkylation sites (N-methyl/N-ethyl adjacent to an activating group) is 1. The van der Waals surface area contributed by atoms with Crippen molar-refractivity contribution in [1.29, 1.82) is 0 Å². The fraction of sp³-hybridized carbons (Fsp3) is 0.500. The zero-order valence-electron chi connectivity index (χ0n) is 11.8. The molecule has 1 saturated heterocycles. The second-order valence-corrected chi connectivity index (χ2v) is 5.21. The van der Waals surface area contributed by atoms with Gasteiger partial charge in [-0.15, -0.1) is 12.4 Å². The molecule has 1 unspecified atom stereocenters. The van der Waals surface area contributed by atoms with Crippen LogP contribution in [0.3, 0.4) is 0 Å². The molecule has 0 radical (unpaired) electrons. The van der Waals surface area contributed by atoms with Crippen molar-refractivity contribution in [2.75, 3.05) is 26.7 Å². The number of likely N-dealkylation sites (tertiary alicyclic amines) is 1. The van der Waals surface area contributed by atoms with E-state index in [1.54, 1.807) is 0 Å². The average Bonchev–Trinajstić information content (AvgIpc) is 2.86. The molecule has 7 heteroatoms. The molecule has 0 aromatic heterocycles. The number of hydrogen-bond donors (Lipinski definition) is 1. The van der Waals surface area contributed by atoms with E-state index < -0.39 is 5.82 Å². The van der Waals surface area contributed by atoms with Crippen LogP contribution in [0.4, 0.5) is 4.39 Å². The first-order chi connectivity index (χ1) is 9.61. The number of nitrogens with zero attached hydrogens (tertiary/aromatic N) is 1. The maximum absolute atomic E-state index is 12.9. The lowest BCUT2D eigenvalue weighted by Crippen LogP contribution is -2.43. The first-order valence-corrected chi connectivity index (χ1v) is 7.01. The summed E-state index contributed by atoms with van der Waals surface area (Å²) in [7, 11) is 1.87. The molecule has 1 aromatic rings. The van der Waals surface area contributed by atoms with Crippen LogP contribution < -0.4 is 10.1 Å². The molecule has 0 bridgehead atoms. The number of ether oxygens (including phenoxy) is 1. The van der Waals surface area contributed by atoms with Gasteiger partial charge in [0.25, 0.3) is 5.91 Å². The zero-order chi connectivity index (χ0) is 14.5. The maximum Gasteiger partial charge on any atom is 0.260 e. The van der Waals surface area contributed by atoms with Crippen molar-refractivity contribution in [3.05, 3.63) is 29.0 Å². The predicted octanol–water partition coefficient (Wildman–Crippen LogP) is 2.49. The summed E-state index contributed by atoms with van der Waals surface area (Å²) in [5.41, 5.74) is 0. The van der Waals surface area contributed by atoms with Crippen molar-refractivity contribution in [3.8, 4) is 5.75 Å². The van der Waals surface area contributed by atoms with Crippen LogP contribution >= 0.6 is 24.0 Å². The lowest BCUT2D eigenvalue weighted by Gasteiger charge is -2.24. The molecule has 0 aliphatic carbocycles. The van der Waals surface area contributed by atoms with Gasteiger partial charge in [0.2, 0.25) is 0 Å². The Bertz CT molecular complexity index is 488. The Morgan fingerprint density at radius 3 is 3.00 bits per heavy atom. The topological polar surface area (TPSA) is 41.6 Å². The Morgan fingerprint density at radius 1 is 1.57 bits per heavy atom. The van der Waals surface area contributed by atoms with Gasteiger partial charge in [0, 0.05) is 19.1 Å². The Labute approximate surface area is 135 Å². The van der Waals surface area contributed by atoms with Crippen molar-refractivity contribution in [2.45, 2.75) is 18.9 Å². The van der Waals surface area contributed by atoms with E-state index in [-0.39, 0.29) is 36.0 Å². The Hall–Kier alpha value is -1.04. The van der Waals surface area contributed by atoms with Gasteiger partial charge in [-0.2, -0.15) is 0 Å². The molecule has 118 valence electrons. The summed E-state index contributed by atoms with van der Waals surface area (Å²) in [5.74, 6) is -0.170. The number of nitrogens with one attached hydrogen (secondary N) is 1. The summed E-state index contributed by atoms with van der Waals surface area (Å²) >= 11 is 5.85. The number of halogens is 3. The molecular weight excluding hydrogens is 318 g/mol. The molecule has 1 fully saturated rings. The molecule has 0 spiro atoms. The molecule has 1 amide bonds. The Kier molecular flexibility index (Phi) is 7.22. The SMILES string of the molecule is CNCC1CCCN1C(=O)COc1ccc(F)cc1Cl.Cl. The van der Waals surface area contributed by atoms with Crippen LogP contribution in [0.2, 0.25) is 5.02 Å². The third-order valence-electron chi connectivity index (χ3n) is 3.38. The minimum Gasteiger partial charge on any atom is -0.482 e. The van der Waals surface area contributed by atoms with Gasteiger partial charge in [0.1, 0.15) is 11.6 Å². The molecule has 1 aliphatic rings. The number of amides is 1. The van der Waals surface area contributed by atoms with Gasteiger partial charge in [0.15, 0.2) is 6.61 Å². The summed E-state index contributed by atoms with van der Waals surface area (Å²) in [5, 5.41) is 3.26. The largest absolute Gasteiger partial charge is 0.482 e. The second kappa shape index (κ2) is 8.41. The van der Waals surface area contributed by atoms with Crippen molar-refractivity contribution in [2.24, 2.45) is 0 Å². The van der Waals surface area contributed by atoms with E-state index >= 15 is 0 Å². The smallest absolute Gasteiger partial charge is 0.260 e. The van der Waals surface area contributed by atoms with E-state index in [1.165, 1.54) is 18.2 Å². The molecule has 1 atom stereocenters. The number of carbonyl (C=O) groups is 1. The summed E-state index contributed by atoms with van der Waals surface area (Å²) in [4.78, 5) is 14.0. The van der Waals surface area contributed by atoms with Gasteiger partial charge in [-0.1, -0.05) is 11.6 Å².